The van der Waals surface area contributed by atoms with Gasteiger partial charge in [0.2, 0.25) is 5.91 Å². The van der Waals surface area contributed by atoms with Crippen molar-refractivity contribution in [3.8, 4) is 0 Å². The van der Waals surface area contributed by atoms with Gasteiger partial charge >= 0.3 is 5.97 Å². The van der Waals surface area contributed by atoms with E-state index in [9.17, 15) is 19.8 Å². The second-order valence-electron chi connectivity index (χ2n) is 18.0. The van der Waals surface area contributed by atoms with Crippen LogP contribution >= 0.6 is 0 Å². The van der Waals surface area contributed by atoms with Crippen LogP contribution < -0.4 is 5.32 Å². The number of aliphatic hydroxyl groups excluding tert-OH is 2. The van der Waals surface area contributed by atoms with Gasteiger partial charge < -0.3 is 20.3 Å². The molecule has 0 fully saturated rings. The second-order valence-corrected chi connectivity index (χ2v) is 18.0. The average Bonchev–Trinajstić information content (AvgIpc) is 3.25. The molecular weight excluding hydrogens is 755 g/mol. The van der Waals surface area contributed by atoms with Crippen molar-refractivity contribution in [2.45, 2.75) is 283 Å². The number of aliphatic hydroxyl groups is 2. The van der Waals surface area contributed by atoms with Crippen LogP contribution in [0.1, 0.15) is 265 Å². The van der Waals surface area contributed by atoms with Crippen molar-refractivity contribution in [1.82, 2.24) is 5.32 Å². The number of ether oxygens (including phenoxy) is 1. The molecule has 0 bridgehead atoms. The molecule has 0 aromatic heterocycles. The zero-order valence-electron chi connectivity index (χ0n) is 40.5. The van der Waals surface area contributed by atoms with Gasteiger partial charge in [-0.05, 0) is 38.5 Å². The molecule has 6 nitrogen and oxygen atoms in total. The molecule has 0 radical (unpaired) electrons. The number of amides is 1. The van der Waals surface area contributed by atoms with Gasteiger partial charge in [0.15, 0.2) is 0 Å². The lowest BCUT2D eigenvalue weighted by Crippen LogP contribution is -2.46. The van der Waals surface area contributed by atoms with Gasteiger partial charge in [-0.2, -0.15) is 0 Å². The molecule has 0 saturated carbocycles. The normalized spacial score (nSPS) is 13.6. The topological polar surface area (TPSA) is 95.9 Å². The van der Waals surface area contributed by atoms with Crippen LogP contribution in [0.4, 0.5) is 0 Å². The van der Waals surface area contributed by atoms with Crippen molar-refractivity contribution in [1.29, 1.82) is 0 Å². The summed E-state index contributed by atoms with van der Waals surface area (Å²) in [5.74, 6) is -0.533. The molecule has 0 saturated heterocycles. The van der Waals surface area contributed by atoms with Gasteiger partial charge in [-0.15, -0.1) is 0 Å². The minimum Gasteiger partial charge on any atom is -0.462 e. The van der Waals surface area contributed by atoms with Crippen LogP contribution in [0.3, 0.4) is 0 Å². The third-order valence-electron chi connectivity index (χ3n) is 12.0. The average molecular weight is 856 g/mol. The third kappa shape index (κ3) is 44.2. The van der Waals surface area contributed by atoms with Crippen LogP contribution in [0, 0.1) is 0 Å². The molecule has 3 N–H and O–H groups in total. The molecule has 6 heteroatoms. The minimum atomic E-state index is -0.803. The highest BCUT2D eigenvalue weighted by Crippen LogP contribution is 2.18. The van der Waals surface area contributed by atoms with Crippen LogP contribution in [0.2, 0.25) is 0 Å². The molecule has 0 rings (SSSR count). The van der Waals surface area contributed by atoms with E-state index in [0.29, 0.717) is 19.3 Å². The molecule has 0 aliphatic carbocycles. The summed E-state index contributed by atoms with van der Waals surface area (Å²) in [4.78, 5) is 26.1. The molecule has 61 heavy (non-hydrogen) atoms. The maximum absolute atomic E-state index is 13.2. The van der Waals surface area contributed by atoms with E-state index < -0.39 is 18.2 Å². The van der Waals surface area contributed by atoms with E-state index in [0.717, 1.165) is 57.8 Å². The fourth-order valence-corrected chi connectivity index (χ4v) is 8.04. The lowest BCUT2D eigenvalue weighted by atomic mass is 10.0. The van der Waals surface area contributed by atoms with Gasteiger partial charge in [-0.3, -0.25) is 9.59 Å². The second kappa shape index (κ2) is 48.8. The molecule has 3 unspecified atom stereocenters. The number of carbonyl (C=O) groups excluding carboxylic acids is 2. The highest BCUT2D eigenvalue weighted by Gasteiger charge is 2.24. The summed E-state index contributed by atoms with van der Waals surface area (Å²) in [7, 11) is 0. The molecule has 0 aliphatic rings. The van der Waals surface area contributed by atoms with Crippen molar-refractivity contribution in [2.75, 3.05) is 6.61 Å². The molecule has 356 valence electrons. The standard InChI is InChI=1S/C55H101NO5/c1-4-7-10-13-16-19-22-24-26-28-30-33-36-39-42-45-48-55(60)61-51(46-43-40-37-34-31-21-18-15-12-9-6-3)49-54(59)56-52(50-57)53(58)47-44-41-38-35-32-29-27-25-23-20-17-14-11-8-5-2/h9,12,15,18,21,31,34,37,51-53,57-58H,4-8,10-11,13-14,16-17,19-20,22-30,32-33,35-36,38-50H2,1-3H3,(H,56,59)/b12-9+,18-15+,31-21-,37-34-. The summed E-state index contributed by atoms with van der Waals surface area (Å²) in [6.07, 6.45) is 59.0. The number of carbonyl (C=O) groups is 2. The van der Waals surface area contributed by atoms with Crippen LogP contribution in [0.5, 0.6) is 0 Å². The number of nitrogens with one attached hydrogen (secondary N) is 1. The van der Waals surface area contributed by atoms with Gasteiger partial charge in [0.1, 0.15) is 6.10 Å². The minimum absolute atomic E-state index is 0.0343. The summed E-state index contributed by atoms with van der Waals surface area (Å²) in [5, 5.41) is 23.8. The first kappa shape index (κ1) is 58.8. The predicted octanol–water partition coefficient (Wildman–Crippen LogP) is 15.8. The molecular formula is C55H101NO5. The Balaban J connectivity index is 4.53. The maximum Gasteiger partial charge on any atom is 0.306 e. The third-order valence-corrected chi connectivity index (χ3v) is 12.0. The van der Waals surface area contributed by atoms with Crippen LogP contribution in [0.25, 0.3) is 0 Å². The van der Waals surface area contributed by atoms with E-state index in [1.807, 2.05) is 36.5 Å². The monoisotopic (exact) mass is 856 g/mol. The van der Waals surface area contributed by atoms with Crippen molar-refractivity contribution >= 4 is 11.9 Å². The summed E-state index contributed by atoms with van der Waals surface area (Å²) in [6.45, 7) is 6.34. The summed E-state index contributed by atoms with van der Waals surface area (Å²) in [6, 6.07) is -0.721. The Bertz CT molecular complexity index is 1050. The van der Waals surface area contributed by atoms with Gasteiger partial charge in [0.25, 0.3) is 0 Å². The summed E-state index contributed by atoms with van der Waals surface area (Å²) in [5.41, 5.74) is 0. The van der Waals surface area contributed by atoms with E-state index in [1.165, 1.54) is 161 Å². The Hall–Kier alpha value is -2.18. The first-order valence-corrected chi connectivity index (χ1v) is 26.4. The highest BCUT2D eigenvalue weighted by molar-refractivity contribution is 5.77. The molecule has 0 aliphatic heterocycles. The van der Waals surface area contributed by atoms with E-state index in [4.69, 9.17) is 4.74 Å². The Morgan fingerprint density at radius 2 is 0.885 bits per heavy atom. The molecule has 0 aromatic rings. The molecule has 0 heterocycles. The predicted molar refractivity (Wildman–Crippen MR) is 264 cm³/mol. The SMILES string of the molecule is CC/C=C/C=C/C=C\C=C/CCCC(CC(=O)NC(CO)C(O)CCCCCCCCCCCCCCCCC)OC(=O)CCCCCCCCCCCCCCCCCC. The lowest BCUT2D eigenvalue weighted by molar-refractivity contribution is -0.151. The zero-order valence-corrected chi connectivity index (χ0v) is 40.5. The fourth-order valence-electron chi connectivity index (χ4n) is 8.04. The number of unbranched alkanes of at least 4 members (excludes halogenated alkanes) is 30. The molecule has 1 amide bonds. The van der Waals surface area contributed by atoms with Gasteiger partial charge in [0, 0.05) is 6.42 Å². The Morgan fingerprint density at radius 1 is 0.492 bits per heavy atom. The molecule has 3 atom stereocenters. The van der Waals surface area contributed by atoms with Crippen LogP contribution in [0.15, 0.2) is 48.6 Å². The van der Waals surface area contributed by atoms with Crippen molar-refractivity contribution in [3.63, 3.8) is 0 Å². The zero-order chi connectivity index (χ0) is 44.5. The van der Waals surface area contributed by atoms with Gasteiger partial charge in [-0.1, -0.05) is 262 Å². The lowest BCUT2D eigenvalue weighted by Gasteiger charge is -2.24. The molecule has 0 spiro atoms. The quantitative estimate of drug-likeness (QED) is 0.0322. The van der Waals surface area contributed by atoms with E-state index in [1.54, 1.807) is 0 Å². The Labute approximate surface area is 378 Å². The first-order chi connectivity index (χ1) is 30.0. The van der Waals surface area contributed by atoms with E-state index in [2.05, 4.69) is 38.2 Å². The number of esters is 1. The largest absolute Gasteiger partial charge is 0.462 e. The van der Waals surface area contributed by atoms with Crippen LogP contribution in [-0.2, 0) is 14.3 Å². The number of hydrogen-bond acceptors (Lipinski definition) is 5. The summed E-state index contributed by atoms with van der Waals surface area (Å²) < 4.78 is 5.89. The Morgan fingerprint density at radius 3 is 1.31 bits per heavy atom. The van der Waals surface area contributed by atoms with E-state index >= 15 is 0 Å². The van der Waals surface area contributed by atoms with E-state index in [-0.39, 0.29) is 24.9 Å². The van der Waals surface area contributed by atoms with Gasteiger partial charge in [0.05, 0.1) is 25.2 Å². The smallest absolute Gasteiger partial charge is 0.306 e. The fraction of sp³-hybridized carbons (Fsp3) is 0.818. The van der Waals surface area contributed by atoms with Crippen molar-refractivity contribution < 1.29 is 24.5 Å². The van der Waals surface area contributed by atoms with Crippen molar-refractivity contribution in [3.05, 3.63) is 48.6 Å². The summed E-state index contributed by atoms with van der Waals surface area (Å²) >= 11 is 0. The maximum atomic E-state index is 13.2. The number of allylic oxidation sites excluding steroid dienone is 8. The number of rotatable bonds is 47. The Kier molecular flexibility index (Phi) is 47.1. The number of hydrogen-bond donors (Lipinski definition) is 3. The highest BCUT2D eigenvalue weighted by atomic mass is 16.5. The van der Waals surface area contributed by atoms with Crippen LogP contribution in [-0.4, -0.2) is 46.9 Å². The van der Waals surface area contributed by atoms with Gasteiger partial charge in [-0.25, -0.2) is 0 Å². The van der Waals surface area contributed by atoms with Crippen molar-refractivity contribution in [2.24, 2.45) is 0 Å². The first-order valence-electron chi connectivity index (χ1n) is 26.4. The molecule has 0 aromatic carbocycles.